The first kappa shape index (κ1) is 15.5. The molecule has 3 nitrogen and oxygen atoms in total. The first-order valence-electron chi connectivity index (χ1n) is 7.01. The number of aryl methyl sites for hydroxylation is 2. The number of halogens is 1. The molecule has 0 unspecified atom stereocenters. The third kappa shape index (κ3) is 3.48. The molecule has 1 heterocycles. The van der Waals surface area contributed by atoms with Gasteiger partial charge < -0.3 is 5.32 Å². The number of alkyl halides is 1. The number of aromatic nitrogens is 2. The zero-order chi connectivity index (χ0) is 13.6. The molecule has 0 radical (unpaired) electrons. The number of hydrogen-bond donors (Lipinski definition) is 1. The van der Waals surface area contributed by atoms with Crippen LogP contribution in [0.25, 0.3) is 0 Å². The van der Waals surface area contributed by atoms with Crippen LogP contribution in [0.2, 0.25) is 0 Å². The summed E-state index contributed by atoms with van der Waals surface area (Å²) in [6.07, 6.45) is 3.09. The minimum absolute atomic E-state index is 0.0524. The molecule has 4 heteroatoms. The Hall–Kier alpha value is -0.540. The lowest BCUT2D eigenvalue weighted by atomic mass is 9.95. The van der Waals surface area contributed by atoms with Crippen LogP contribution in [0.15, 0.2) is 6.07 Å². The van der Waals surface area contributed by atoms with Gasteiger partial charge in [-0.3, -0.25) is 4.68 Å². The van der Waals surface area contributed by atoms with Crippen molar-refractivity contribution in [3.05, 3.63) is 17.5 Å². The first-order chi connectivity index (χ1) is 8.64. The highest BCUT2D eigenvalue weighted by Gasteiger charge is 2.24. The van der Waals surface area contributed by atoms with Crippen LogP contribution in [0, 0.1) is 0 Å². The Morgan fingerprint density at radius 2 is 1.94 bits per heavy atom. The van der Waals surface area contributed by atoms with Gasteiger partial charge in [0.25, 0.3) is 0 Å². The van der Waals surface area contributed by atoms with Crippen LogP contribution in [0.1, 0.15) is 51.9 Å². The van der Waals surface area contributed by atoms with Crippen molar-refractivity contribution in [3.8, 4) is 0 Å². The lowest BCUT2D eigenvalue weighted by Crippen LogP contribution is -2.45. The number of nitrogens with one attached hydrogen (secondary N) is 1. The number of nitrogens with zero attached hydrogens (tertiary/aromatic N) is 2. The molecule has 1 rings (SSSR count). The normalized spacial score (nSPS) is 12.1. The predicted octanol–water partition coefficient (Wildman–Crippen LogP) is 3.35. The molecule has 0 fully saturated rings. The summed E-state index contributed by atoms with van der Waals surface area (Å²) in [5, 5.41) is 8.19. The maximum atomic E-state index is 6.11. The van der Waals surface area contributed by atoms with Crippen molar-refractivity contribution in [1.29, 1.82) is 0 Å². The maximum Gasteiger partial charge on any atom is 0.0625 e. The van der Waals surface area contributed by atoms with Crippen molar-refractivity contribution >= 4 is 11.6 Å². The van der Waals surface area contributed by atoms with E-state index in [2.05, 4.69) is 48.9 Å². The molecule has 1 aromatic heterocycles. The fraction of sp³-hybridized carbons (Fsp3) is 0.786. The Balaban J connectivity index is 2.75. The summed E-state index contributed by atoms with van der Waals surface area (Å²) >= 11 is 6.11. The van der Waals surface area contributed by atoms with Gasteiger partial charge in [-0.15, -0.1) is 11.6 Å². The van der Waals surface area contributed by atoms with E-state index in [1.54, 1.807) is 0 Å². The lowest BCUT2D eigenvalue weighted by molar-refractivity contribution is 0.329. The molecule has 1 aromatic rings. The third-order valence-corrected chi connectivity index (χ3v) is 4.34. The smallest absolute Gasteiger partial charge is 0.0625 e. The number of rotatable bonds is 8. The molecule has 104 valence electrons. The van der Waals surface area contributed by atoms with E-state index in [1.165, 1.54) is 5.69 Å². The van der Waals surface area contributed by atoms with Gasteiger partial charge in [0.1, 0.15) is 0 Å². The second-order valence-corrected chi connectivity index (χ2v) is 5.04. The molecule has 0 aliphatic heterocycles. The standard InChI is InChI=1S/C14H26ClN3/c1-5-12-9-13(18(8-4)17-12)10-16-14(6-2,7-3)11-15/h9,16H,5-8,10-11H2,1-4H3. The fourth-order valence-corrected chi connectivity index (χ4v) is 2.59. The maximum absolute atomic E-state index is 6.11. The minimum atomic E-state index is 0.0524. The minimum Gasteiger partial charge on any atom is -0.304 e. The van der Waals surface area contributed by atoms with E-state index >= 15 is 0 Å². The Kier molecular flexibility index (Phi) is 6.16. The zero-order valence-corrected chi connectivity index (χ0v) is 12.8. The largest absolute Gasteiger partial charge is 0.304 e. The summed E-state index contributed by atoms with van der Waals surface area (Å²) < 4.78 is 2.08. The molecular weight excluding hydrogens is 246 g/mol. The van der Waals surface area contributed by atoms with Crippen molar-refractivity contribution < 1.29 is 0 Å². The summed E-state index contributed by atoms with van der Waals surface area (Å²) in [5.74, 6) is 0.654. The van der Waals surface area contributed by atoms with Crippen LogP contribution in [0.3, 0.4) is 0 Å². The highest BCUT2D eigenvalue weighted by atomic mass is 35.5. The highest BCUT2D eigenvalue weighted by molar-refractivity contribution is 6.18. The second kappa shape index (κ2) is 7.15. The number of hydrogen-bond acceptors (Lipinski definition) is 2. The van der Waals surface area contributed by atoms with Crippen LogP contribution < -0.4 is 5.32 Å². The van der Waals surface area contributed by atoms with Gasteiger partial charge in [-0.1, -0.05) is 20.8 Å². The van der Waals surface area contributed by atoms with Gasteiger partial charge in [-0.05, 0) is 32.3 Å². The SMILES string of the molecule is CCc1cc(CNC(CC)(CC)CCl)n(CC)n1. The predicted molar refractivity (Wildman–Crippen MR) is 78.2 cm³/mol. The average molecular weight is 272 g/mol. The highest BCUT2D eigenvalue weighted by Crippen LogP contribution is 2.18. The monoisotopic (exact) mass is 271 g/mol. The fourth-order valence-electron chi connectivity index (χ4n) is 2.12. The van der Waals surface area contributed by atoms with E-state index in [0.29, 0.717) is 5.88 Å². The Morgan fingerprint density at radius 3 is 2.39 bits per heavy atom. The van der Waals surface area contributed by atoms with Crippen LogP contribution in [-0.2, 0) is 19.5 Å². The summed E-state index contributed by atoms with van der Waals surface area (Å²) in [6.45, 7) is 10.4. The molecule has 0 amide bonds. The van der Waals surface area contributed by atoms with E-state index in [1.807, 2.05) is 0 Å². The molecule has 0 saturated carbocycles. The molecule has 0 spiro atoms. The molecular formula is C14H26ClN3. The van der Waals surface area contributed by atoms with Gasteiger partial charge in [0, 0.05) is 24.5 Å². The molecule has 0 atom stereocenters. The van der Waals surface area contributed by atoms with Gasteiger partial charge >= 0.3 is 0 Å². The van der Waals surface area contributed by atoms with E-state index < -0.39 is 0 Å². The van der Waals surface area contributed by atoms with Crippen LogP contribution >= 0.6 is 11.6 Å². The van der Waals surface area contributed by atoms with E-state index in [9.17, 15) is 0 Å². The van der Waals surface area contributed by atoms with E-state index in [4.69, 9.17) is 11.6 Å². The topological polar surface area (TPSA) is 29.9 Å². The van der Waals surface area contributed by atoms with Crippen molar-refractivity contribution in [2.75, 3.05) is 5.88 Å². The molecule has 0 aliphatic carbocycles. The van der Waals surface area contributed by atoms with Gasteiger partial charge in [-0.2, -0.15) is 5.10 Å². The third-order valence-electron chi connectivity index (χ3n) is 3.83. The summed E-state index contributed by atoms with van der Waals surface area (Å²) in [4.78, 5) is 0. The second-order valence-electron chi connectivity index (χ2n) is 4.77. The Labute approximate surface area is 116 Å². The zero-order valence-electron chi connectivity index (χ0n) is 12.1. The van der Waals surface area contributed by atoms with Gasteiger partial charge in [0.2, 0.25) is 0 Å². The Morgan fingerprint density at radius 1 is 1.28 bits per heavy atom. The Bertz CT molecular complexity index is 348. The summed E-state index contributed by atoms with van der Waals surface area (Å²) in [7, 11) is 0. The quantitative estimate of drug-likeness (QED) is 0.735. The van der Waals surface area contributed by atoms with E-state index in [-0.39, 0.29) is 5.54 Å². The van der Waals surface area contributed by atoms with Gasteiger partial charge in [-0.25, -0.2) is 0 Å². The van der Waals surface area contributed by atoms with Gasteiger partial charge in [0.05, 0.1) is 11.4 Å². The van der Waals surface area contributed by atoms with Crippen molar-refractivity contribution in [3.63, 3.8) is 0 Å². The molecule has 0 aliphatic rings. The van der Waals surface area contributed by atoms with Crippen molar-refractivity contribution in [2.45, 2.75) is 65.6 Å². The molecule has 18 heavy (non-hydrogen) atoms. The first-order valence-corrected chi connectivity index (χ1v) is 7.54. The van der Waals surface area contributed by atoms with Gasteiger partial charge in [0.15, 0.2) is 0 Å². The van der Waals surface area contributed by atoms with Crippen LogP contribution in [0.5, 0.6) is 0 Å². The summed E-state index contributed by atoms with van der Waals surface area (Å²) in [5.41, 5.74) is 2.47. The van der Waals surface area contributed by atoms with Crippen molar-refractivity contribution in [1.82, 2.24) is 15.1 Å². The van der Waals surface area contributed by atoms with E-state index in [0.717, 1.165) is 38.0 Å². The molecule has 0 saturated heterocycles. The molecule has 0 bridgehead atoms. The molecule has 1 N–H and O–H groups in total. The average Bonchev–Trinajstić information content (AvgIpc) is 2.83. The summed E-state index contributed by atoms with van der Waals surface area (Å²) in [6, 6.07) is 2.20. The van der Waals surface area contributed by atoms with Crippen molar-refractivity contribution in [2.24, 2.45) is 0 Å². The lowest BCUT2D eigenvalue weighted by Gasteiger charge is -2.30. The molecule has 0 aromatic carbocycles. The van der Waals surface area contributed by atoms with Crippen LogP contribution in [-0.4, -0.2) is 21.2 Å². The van der Waals surface area contributed by atoms with Crippen LogP contribution in [0.4, 0.5) is 0 Å².